The molecular formula is C25H34N2O2. The Hall–Kier alpha value is -1.88. The van der Waals surface area contributed by atoms with Crippen LogP contribution in [-0.4, -0.2) is 56.2 Å². The van der Waals surface area contributed by atoms with Gasteiger partial charge in [-0.15, -0.1) is 0 Å². The van der Waals surface area contributed by atoms with Crippen LogP contribution in [0.2, 0.25) is 0 Å². The number of benzene rings is 2. The lowest BCUT2D eigenvalue weighted by atomic mass is 9.73. The van der Waals surface area contributed by atoms with Gasteiger partial charge in [-0.2, -0.15) is 0 Å². The van der Waals surface area contributed by atoms with Gasteiger partial charge in [-0.3, -0.25) is 9.80 Å². The summed E-state index contributed by atoms with van der Waals surface area (Å²) in [6.45, 7) is 4.55. The molecule has 4 rings (SSSR count). The van der Waals surface area contributed by atoms with Crippen LogP contribution in [0.25, 0.3) is 0 Å². The third-order valence-electron chi connectivity index (χ3n) is 6.82. The summed E-state index contributed by atoms with van der Waals surface area (Å²) in [7, 11) is 4.46. The zero-order valence-electron chi connectivity index (χ0n) is 17.8. The van der Waals surface area contributed by atoms with E-state index in [0.717, 1.165) is 32.1 Å². The molecule has 4 nitrogen and oxygen atoms in total. The van der Waals surface area contributed by atoms with Crippen LogP contribution in [0.1, 0.15) is 36.8 Å². The first-order valence-corrected chi connectivity index (χ1v) is 10.9. The molecule has 2 aliphatic rings. The van der Waals surface area contributed by atoms with Crippen molar-refractivity contribution in [3.05, 3.63) is 65.7 Å². The van der Waals surface area contributed by atoms with Gasteiger partial charge in [0.2, 0.25) is 0 Å². The summed E-state index contributed by atoms with van der Waals surface area (Å²) >= 11 is 0. The highest BCUT2D eigenvalue weighted by Gasteiger charge is 2.40. The van der Waals surface area contributed by atoms with Crippen molar-refractivity contribution in [3.8, 4) is 5.75 Å². The van der Waals surface area contributed by atoms with Crippen LogP contribution in [0.3, 0.4) is 0 Å². The van der Waals surface area contributed by atoms with E-state index in [1.807, 2.05) is 6.07 Å². The molecule has 0 amide bonds. The maximum Gasteiger partial charge on any atom is 0.120 e. The first-order chi connectivity index (χ1) is 14.2. The zero-order chi connectivity index (χ0) is 20.1. The lowest BCUT2D eigenvalue weighted by Gasteiger charge is -2.48. The maximum atomic E-state index is 6.12. The van der Waals surface area contributed by atoms with Gasteiger partial charge in [0.15, 0.2) is 0 Å². The Morgan fingerprint density at radius 3 is 2.41 bits per heavy atom. The molecule has 2 aromatic rings. The summed E-state index contributed by atoms with van der Waals surface area (Å²) in [4.78, 5) is 5.07. The van der Waals surface area contributed by atoms with E-state index in [2.05, 4.69) is 72.4 Å². The number of hydrogen-bond donors (Lipinski definition) is 0. The van der Waals surface area contributed by atoms with E-state index in [0.29, 0.717) is 12.6 Å². The van der Waals surface area contributed by atoms with Crippen LogP contribution in [0.15, 0.2) is 54.6 Å². The van der Waals surface area contributed by atoms with Gasteiger partial charge in [-0.25, -0.2) is 0 Å². The molecule has 1 saturated heterocycles. The van der Waals surface area contributed by atoms with E-state index < -0.39 is 0 Å². The minimum atomic E-state index is 0.0922. The minimum absolute atomic E-state index is 0.0922. The van der Waals surface area contributed by atoms with E-state index in [4.69, 9.17) is 9.47 Å². The smallest absolute Gasteiger partial charge is 0.120 e. The molecular weight excluding hydrogens is 360 g/mol. The van der Waals surface area contributed by atoms with Crippen molar-refractivity contribution in [2.24, 2.45) is 0 Å². The van der Waals surface area contributed by atoms with E-state index in [1.165, 1.54) is 36.8 Å². The summed E-state index contributed by atoms with van der Waals surface area (Å²) in [5.74, 6) is 0.961. The molecule has 0 aromatic heterocycles. The largest absolute Gasteiger partial charge is 0.489 e. The predicted molar refractivity (Wildman–Crippen MR) is 117 cm³/mol. The highest BCUT2D eigenvalue weighted by Crippen LogP contribution is 2.43. The van der Waals surface area contributed by atoms with E-state index in [-0.39, 0.29) is 5.54 Å². The minimum Gasteiger partial charge on any atom is -0.489 e. The van der Waals surface area contributed by atoms with E-state index in [1.54, 1.807) is 0 Å². The Balaban J connectivity index is 1.46. The molecule has 0 N–H and O–H groups in total. The van der Waals surface area contributed by atoms with Crippen LogP contribution in [0.4, 0.5) is 0 Å². The quantitative estimate of drug-likeness (QED) is 0.729. The fourth-order valence-electron chi connectivity index (χ4n) is 5.00. The second-order valence-electron chi connectivity index (χ2n) is 8.61. The van der Waals surface area contributed by atoms with Crippen LogP contribution in [0, 0.1) is 0 Å². The molecule has 0 unspecified atom stereocenters. The molecule has 2 fully saturated rings. The summed E-state index contributed by atoms with van der Waals surface area (Å²) in [5.41, 5.74) is 2.68. The second kappa shape index (κ2) is 9.29. The molecule has 1 aliphatic carbocycles. The first kappa shape index (κ1) is 20.4. The molecule has 1 heterocycles. The monoisotopic (exact) mass is 394 g/mol. The van der Waals surface area contributed by atoms with Crippen LogP contribution < -0.4 is 4.74 Å². The molecule has 1 aliphatic heterocycles. The Morgan fingerprint density at radius 1 is 1.00 bits per heavy atom. The van der Waals surface area contributed by atoms with Crippen molar-refractivity contribution in [2.75, 3.05) is 40.4 Å². The van der Waals surface area contributed by atoms with Crippen molar-refractivity contribution < 1.29 is 9.47 Å². The molecule has 29 heavy (non-hydrogen) atoms. The van der Waals surface area contributed by atoms with Gasteiger partial charge < -0.3 is 9.47 Å². The molecule has 1 saturated carbocycles. The lowest BCUT2D eigenvalue weighted by Crippen LogP contribution is -2.51. The van der Waals surface area contributed by atoms with Gasteiger partial charge >= 0.3 is 0 Å². The van der Waals surface area contributed by atoms with Gasteiger partial charge in [0, 0.05) is 24.7 Å². The third-order valence-corrected chi connectivity index (χ3v) is 6.82. The molecule has 0 radical (unpaired) electrons. The normalized spacial score (nSPS) is 25.8. The zero-order valence-corrected chi connectivity index (χ0v) is 17.8. The molecule has 4 heteroatoms. The summed E-state index contributed by atoms with van der Waals surface area (Å²) in [5, 5.41) is 0. The number of hydrogen-bond acceptors (Lipinski definition) is 4. The van der Waals surface area contributed by atoms with Crippen molar-refractivity contribution >= 4 is 0 Å². The maximum absolute atomic E-state index is 6.12. The summed E-state index contributed by atoms with van der Waals surface area (Å²) < 4.78 is 11.7. The van der Waals surface area contributed by atoms with Crippen molar-refractivity contribution in [2.45, 2.75) is 43.9 Å². The second-order valence-corrected chi connectivity index (χ2v) is 8.61. The fourth-order valence-corrected chi connectivity index (χ4v) is 5.00. The summed E-state index contributed by atoms with van der Waals surface area (Å²) in [6.07, 6.45) is 4.86. The van der Waals surface area contributed by atoms with Crippen molar-refractivity contribution in [3.63, 3.8) is 0 Å². The molecule has 0 atom stereocenters. The third kappa shape index (κ3) is 4.66. The average molecular weight is 395 g/mol. The van der Waals surface area contributed by atoms with Gasteiger partial charge in [-0.1, -0.05) is 42.5 Å². The van der Waals surface area contributed by atoms with Crippen LogP contribution in [0.5, 0.6) is 5.75 Å². The fraction of sp³-hybridized carbons (Fsp3) is 0.520. The standard InChI is InChI=1S/C25H34N2O2/c1-26(2)25(13-11-23(12-14-25)27-15-17-28-18-16-27)22-9-6-10-24(19-22)29-20-21-7-4-3-5-8-21/h3-10,19,23H,11-18,20H2,1-2H3. The Morgan fingerprint density at radius 2 is 1.72 bits per heavy atom. The number of nitrogens with zero attached hydrogens (tertiary/aromatic N) is 2. The van der Waals surface area contributed by atoms with Crippen molar-refractivity contribution in [1.82, 2.24) is 9.80 Å². The Bertz CT molecular complexity index is 763. The van der Waals surface area contributed by atoms with Crippen molar-refractivity contribution in [1.29, 1.82) is 0 Å². The van der Waals surface area contributed by atoms with Crippen LogP contribution >= 0.6 is 0 Å². The number of morpholine rings is 1. The SMILES string of the molecule is CN(C)C1(c2cccc(OCc3ccccc3)c2)CCC(N2CCOCC2)CC1. The van der Waals surface area contributed by atoms with Gasteiger partial charge in [0.25, 0.3) is 0 Å². The molecule has 0 bridgehead atoms. The lowest BCUT2D eigenvalue weighted by molar-refractivity contribution is -0.0112. The average Bonchev–Trinajstić information content (AvgIpc) is 2.79. The predicted octanol–water partition coefficient (Wildman–Crippen LogP) is 4.30. The topological polar surface area (TPSA) is 24.9 Å². The van der Waals surface area contributed by atoms with Crippen LogP contribution in [-0.2, 0) is 16.9 Å². The highest BCUT2D eigenvalue weighted by molar-refractivity contribution is 5.34. The Labute approximate surface area is 175 Å². The first-order valence-electron chi connectivity index (χ1n) is 10.9. The number of rotatable bonds is 6. The van der Waals surface area contributed by atoms with Gasteiger partial charge in [-0.05, 0) is 63.0 Å². The van der Waals surface area contributed by atoms with E-state index >= 15 is 0 Å². The van der Waals surface area contributed by atoms with E-state index in [9.17, 15) is 0 Å². The molecule has 2 aromatic carbocycles. The number of ether oxygens (including phenoxy) is 2. The van der Waals surface area contributed by atoms with Gasteiger partial charge in [0.05, 0.1) is 13.2 Å². The Kier molecular flexibility index (Phi) is 6.53. The molecule has 156 valence electrons. The highest BCUT2D eigenvalue weighted by atomic mass is 16.5. The van der Waals surface area contributed by atoms with Gasteiger partial charge in [0.1, 0.15) is 12.4 Å². The summed E-state index contributed by atoms with van der Waals surface area (Å²) in [6, 6.07) is 19.8. The molecule has 0 spiro atoms.